The highest BCUT2D eigenvalue weighted by Gasteiger charge is 2.19. The number of phenols is 1. The molecule has 0 aliphatic rings. The predicted octanol–water partition coefficient (Wildman–Crippen LogP) is 3.42. The molecule has 0 aliphatic carbocycles. The van der Waals surface area contributed by atoms with Gasteiger partial charge in [0.15, 0.2) is 0 Å². The lowest BCUT2D eigenvalue weighted by molar-refractivity contribution is 0.319. The Morgan fingerprint density at radius 3 is 2.50 bits per heavy atom. The maximum Gasteiger partial charge on any atom is 0.147 e. The van der Waals surface area contributed by atoms with Gasteiger partial charge in [0.25, 0.3) is 0 Å². The second-order valence-electron chi connectivity index (χ2n) is 3.91. The summed E-state index contributed by atoms with van der Waals surface area (Å²) in [6.45, 7) is 0. The van der Waals surface area contributed by atoms with E-state index < -0.39 is 5.82 Å². The molecule has 104 valence electrons. The molecular formula is C14H11ClFNO3. The Morgan fingerprint density at radius 1 is 1.20 bits per heavy atom. The summed E-state index contributed by atoms with van der Waals surface area (Å²) in [4.78, 5) is 0. The highest BCUT2D eigenvalue weighted by molar-refractivity contribution is 6.34. The van der Waals surface area contributed by atoms with Crippen molar-refractivity contribution in [2.24, 2.45) is 5.16 Å². The zero-order valence-corrected chi connectivity index (χ0v) is 11.2. The second-order valence-corrected chi connectivity index (χ2v) is 4.28. The van der Waals surface area contributed by atoms with Gasteiger partial charge in [-0.25, -0.2) is 4.39 Å². The molecule has 2 aromatic rings. The van der Waals surface area contributed by atoms with Crippen molar-refractivity contribution in [3.05, 3.63) is 58.4 Å². The van der Waals surface area contributed by atoms with Gasteiger partial charge in [-0.2, -0.15) is 0 Å². The highest BCUT2D eigenvalue weighted by Crippen LogP contribution is 2.37. The molecule has 4 nitrogen and oxygen atoms in total. The van der Waals surface area contributed by atoms with Crippen molar-refractivity contribution >= 4 is 17.3 Å². The van der Waals surface area contributed by atoms with Gasteiger partial charge in [-0.1, -0.05) is 28.9 Å². The van der Waals surface area contributed by atoms with Gasteiger partial charge >= 0.3 is 0 Å². The Balaban J connectivity index is 2.61. The standard InChI is InChI=1S/C14H11ClFNO3/c1-20-11-7-6-9(14(18)12(11)15)13(17-19)8-4-2-3-5-10(8)16/h2-7,18-19H,1H3. The fraction of sp³-hybridized carbons (Fsp3) is 0.0714. The van der Waals surface area contributed by atoms with E-state index in [9.17, 15) is 9.50 Å². The first-order valence-corrected chi connectivity index (χ1v) is 6.00. The Morgan fingerprint density at radius 2 is 1.90 bits per heavy atom. The number of rotatable bonds is 3. The summed E-state index contributed by atoms with van der Waals surface area (Å²) < 4.78 is 18.7. The van der Waals surface area contributed by atoms with Crippen molar-refractivity contribution in [1.82, 2.24) is 0 Å². The van der Waals surface area contributed by atoms with Crippen LogP contribution in [0.2, 0.25) is 5.02 Å². The second kappa shape index (κ2) is 5.79. The Labute approximate surface area is 119 Å². The summed E-state index contributed by atoms with van der Waals surface area (Å²) in [7, 11) is 1.40. The zero-order valence-electron chi connectivity index (χ0n) is 10.5. The molecule has 0 heterocycles. The molecule has 0 radical (unpaired) electrons. The Kier molecular flexibility index (Phi) is 4.10. The van der Waals surface area contributed by atoms with E-state index in [0.717, 1.165) is 0 Å². The quantitative estimate of drug-likeness (QED) is 0.518. The van der Waals surface area contributed by atoms with Crippen LogP contribution in [-0.4, -0.2) is 23.1 Å². The minimum atomic E-state index is -0.577. The number of hydrogen-bond donors (Lipinski definition) is 2. The minimum absolute atomic E-state index is 0.0394. The highest BCUT2D eigenvalue weighted by atomic mass is 35.5. The number of halogens is 2. The molecule has 0 fully saturated rings. The van der Waals surface area contributed by atoms with Crippen LogP contribution in [0.3, 0.4) is 0 Å². The van der Waals surface area contributed by atoms with E-state index >= 15 is 0 Å². The molecule has 0 saturated carbocycles. The lowest BCUT2D eigenvalue weighted by Gasteiger charge is -2.11. The molecule has 0 spiro atoms. The molecular weight excluding hydrogens is 285 g/mol. The molecule has 2 aromatic carbocycles. The molecule has 2 rings (SSSR count). The SMILES string of the molecule is COc1ccc(C(=NO)c2ccccc2F)c(O)c1Cl. The number of methoxy groups -OCH3 is 1. The minimum Gasteiger partial charge on any atom is -0.506 e. The molecule has 6 heteroatoms. The number of nitrogens with zero attached hydrogens (tertiary/aromatic N) is 1. The van der Waals surface area contributed by atoms with Crippen molar-refractivity contribution in [2.75, 3.05) is 7.11 Å². The van der Waals surface area contributed by atoms with Gasteiger partial charge in [0.2, 0.25) is 0 Å². The van der Waals surface area contributed by atoms with Crippen molar-refractivity contribution in [3.63, 3.8) is 0 Å². The van der Waals surface area contributed by atoms with E-state index in [2.05, 4.69) is 5.16 Å². The summed E-state index contributed by atoms with van der Waals surface area (Å²) >= 11 is 5.92. The third kappa shape index (κ3) is 2.40. The molecule has 0 amide bonds. The first-order chi connectivity index (χ1) is 9.60. The zero-order chi connectivity index (χ0) is 14.7. The van der Waals surface area contributed by atoms with Crippen molar-refractivity contribution in [1.29, 1.82) is 0 Å². The number of oxime groups is 1. The van der Waals surface area contributed by atoms with Crippen LogP contribution in [0.5, 0.6) is 11.5 Å². The predicted molar refractivity (Wildman–Crippen MR) is 73.5 cm³/mol. The number of aromatic hydroxyl groups is 1. The summed E-state index contributed by atoms with van der Waals surface area (Å²) in [5, 5.41) is 22.2. The van der Waals surface area contributed by atoms with Gasteiger partial charge in [0.1, 0.15) is 28.1 Å². The van der Waals surface area contributed by atoms with Crippen molar-refractivity contribution in [2.45, 2.75) is 0 Å². The van der Waals surface area contributed by atoms with Gasteiger partial charge in [0.05, 0.1) is 7.11 Å². The molecule has 20 heavy (non-hydrogen) atoms. The van der Waals surface area contributed by atoms with Crippen LogP contribution >= 0.6 is 11.6 Å². The molecule has 0 bridgehead atoms. The molecule has 0 aromatic heterocycles. The summed E-state index contributed by atoms with van der Waals surface area (Å²) in [5.74, 6) is -0.660. The monoisotopic (exact) mass is 295 g/mol. The topological polar surface area (TPSA) is 62.0 Å². The number of phenolic OH excluding ortho intramolecular Hbond substituents is 1. The summed E-state index contributed by atoms with van der Waals surface area (Å²) in [6.07, 6.45) is 0. The average molecular weight is 296 g/mol. The lowest BCUT2D eigenvalue weighted by Crippen LogP contribution is -2.07. The Bertz CT molecular complexity index is 673. The van der Waals surface area contributed by atoms with Crippen molar-refractivity contribution in [3.8, 4) is 11.5 Å². The number of hydrogen-bond acceptors (Lipinski definition) is 4. The first-order valence-electron chi connectivity index (χ1n) is 5.63. The van der Waals surface area contributed by atoms with Crippen LogP contribution in [-0.2, 0) is 0 Å². The summed E-state index contributed by atoms with van der Waals surface area (Å²) in [6, 6.07) is 8.68. The largest absolute Gasteiger partial charge is 0.506 e. The van der Waals surface area contributed by atoms with Crippen LogP contribution in [0, 0.1) is 5.82 Å². The normalized spacial score (nSPS) is 11.4. The van der Waals surface area contributed by atoms with E-state index in [1.165, 1.54) is 37.4 Å². The maximum absolute atomic E-state index is 13.8. The van der Waals surface area contributed by atoms with E-state index in [1.54, 1.807) is 6.07 Å². The van der Waals surface area contributed by atoms with Gasteiger partial charge in [-0.05, 0) is 24.3 Å². The third-order valence-corrected chi connectivity index (χ3v) is 3.15. The molecule has 0 unspecified atom stereocenters. The molecule has 0 saturated heterocycles. The molecule has 2 N–H and O–H groups in total. The number of benzene rings is 2. The van der Waals surface area contributed by atoms with Gasteiger partial charge in [-0.15, -0.1) is 0 Å². The van der Waals surface area contributed by atoms with Crippen LogP contribution < -0.4 is 4.74 Å². The van der Waals surface area contributed by atoms with Gasteiger partial charge < -0.3 is 15.1 Å². The Hall–Kier alpha value is -2.27. The van der Waals surface area contributed by atoms with E-state index in [1.807, 2.05) is 0 Å². The van der Waals surface area contributed by atoms with Gasteiger partial charge in [-0.3, -0.25) is 0 Å². The summed E-state index contributed by atoms with van der Waals surface area (Å²) in [5.41, 5.74) is 0.0279. The van der Waals surface area contributed by atoms with Gasteiger partial charge in [0, 0.05) is 11.1 Å². The lowest BCUT2D eigenvalue weighted by atomic mass is 10.0. The van der Waals surface area contributed by atoms with E-state index in [-0.39, 0.29) is 33.4 Å². The van der Waals surface area contributed by atoms with Crippen LogP contribution in [0.15, 0.2) is 41.6 Å². The van der Waals surface area contributed by atoms with Crippen LogP contribution in [0.1, 0.15) is 11.1 Å². The maximum atomic E-state index is 13.8. The molecule has 0 aliphatic heterocycles. The van der Waals surface area contributed by atoms with E-state index in [4.69, 9.17) is 21.5 Å². The smallest absolute Gasteiger partial charge is 0.147 e. The number of ether oxygens (including phenoxy) is 1. The third-order valence-electron chi connectivity index (χ3n) is 2.78. The fourth-order valence-electron chi connectivity index (χ4n) is 1.80. The van der Waals surface area contributed by atoms with Crippen molar-refractivity contribution < 1.29 is 19.4 Å². The van der Waals surface area contributed by atoms with Crippen LogP contribution in [0.4, 0.5) is 4.39 Å². The first kappa shape index (κ1) is 14.1. The average Bonchev–Trinajstić information content (AvgIpc) is 2.46. The molecule has 0 atom stereocenters. The van der Waals surface area contributed by atoms with E-state index in [0.29, 0.717) is 0 Å². The fourth-order valence-corrected chi connectivity index (χ4v) is 2.04. The van der Waals surface area contributed by atoms with Crippen LogP contribution in [0.25, 0.3) is 0 Å².